The van der Waals surface area contributed by atoms with Gasteiger partial charge < -0.3 is 14.7 Å². The van der Waals surface area contributed by atoms with E-state index in [0.29, 0.717) is 19.7 Å². The molecule has 3 aliphatic rings. The average molecular weight is 349 g/mol. The van der Waals surface area contributed by atoms with Gasteiger partial charge in [0.05, 0.1) is 12.6 Å². The lowest BCUT2D eigenvalue weighted by atomic mass is 9.67. The number of hydrogen-bond acceptors (Lipinski definition) is 3. The summed E-state index contributed by atoms with van der Waals surface area (Å²) >= 11 is 0. The Morgan fingerprint density at radius 2 is 1.69 bits per heavy atom. The molecule has 0 aromatic heterocycles. The van der Waals surface area contributed by atoms with Gasteiger partial charge in [0.1, 0.15) is 6.61 Å². The highest BCUT2D eigenvalue weighted by Gasteiger charge is 2.51. The Morgan fingerprint density at radius 1 is 1.08 bits per heavy atom. The number of amides is 1. The number of benzene rings is 2. The van der Waals surface area contributed by atoms with E-state index in [1.807, 2.05) is 24.3 Å². The second kappa shape index (κ2) is 5.85. The largest absolute Gasteiger partial charge is 0.448 e. The van der Waals surface area contributed by atoms with Crippen molar-refractivity contribution in [3.8, 4) is 11.1 Å². The molecule has 1 unspecified atom stereocenters. The summed E-state index contributed by atoms with van der Waals surface area (Å²) in [5.74, 6) is 0.0801. The second-order valence-corrected chi connectivity index (χ2v) is 7.92. The molecule has 0 radical (unpaired) electrons. The Kier molecular flexibility index (Phi) is 3.57. The van der Waals surface area contributed by atoms with Crippen LogP contribution >= 0.6 is 0 Å². The lowest BCUT2D eigenvalue weighted by molar-refractivity contribution is 0.00748. The third kappa shape index (κ3) is 2.28. The van der Waals surface area contributed by atoms with Crippen LogP contribution < -0.4 is 0 Å². The summed E-state index contributed by atoms with van der Waals surface area (Å²) < 4.78 is 5.71. The number of β-amino-alcohol motifs (C(OH)–C–C–N with tert-alkyl or cyclic N) is 1. The summed E-state index contributed by atoms with van der Waals surface area (Å²) in [7, 11) is 0. The molecule has 1 saturated heterocycles. The molecule has 2 aromatic carbocycles. The van der Waals surface area contributed by atoms with Crippen LogP contribution in [0.25, 0.3) is 11.1 Å². The predicted molar refractivity (Wildman–Crippen MR) is 98.9 cm³/mol. The first-order valence-corrected chi connectivity index (χ1v) is 9.46. The summed E-state index contributed by atoms with van der Waals surface area (Å²) in [6.07, 6.45) is 2.48. The van der Waals surface area contributed by atoms with Gasteiger partial charge in [0.2, 0.25) is 0 Å². The zero-order valence-electron chi connectivity index (χ0n) is 14.7. The summed E-state index contributed by atoms with van der Waals surface area (Å²) in [5, 5.41) is 10.3. The summed E-state index contributed by atoms with van der Waals surface area (Å²) in [4.78, 5) is 14.3. The standard InChI is InChI=1S/C22H23NO3/c24-20-12-23(14-22(20)10-5-11-22)21(25)26-13-19-17-8-3-1-6-15(17)16-7-2-4-9-18(16)19/h1-4,6-9,19-20,24H,5,10-14H2. The Bertz CT molecular complexity index is 812. The minimum Gasteiger partial charge on any atom is -0.448 e. The van der Waals surface area contributed by atoms with Crippen molar-refractivity contribution < 1.29 is 14.6 Å². The number of carbonyl (C=O) groups excluding carboxylic acids is 1. The number of aliphatic hydroxyl groups is 1. The topological polar surface area (TPSA) is 49.8 Å². The van der Waals surface area contributed by atoms with Crippen molar-refractivity contribution in [2.45, 2.75) is 31.3 Å². The molecule has 4 heteroatoms. The number of ether oxygens (including phenoxy) is 1. The van der Waals surface area contributed by atoms with Gasteiger partial charge in [0, 0.05) is 17.9 Å². The van der Waals surface area contributed by atoms with Gasteiger partial charge in [0.15, 0.2) is 0 Å². The second-order valence-electron chi connectivity index (χ2n) is 7.92. The molecule has 4 nitrogen and oxygen atoms in total. The maximum absolute atomic E-state index is 12.6. The Labute approximate surface area is 153 Å². The first-order valence-electron chi connectivity index (χ1n) is 9.46. The van der Waals surface area contributed by atoms with E-state index in [1.165, 1.54) is 22.3 Å². The average Bonchev–Trinajstić information content (AvgIpc) is 3.15. The van der Waals surface area contributed by atoms with Crippen molar-refractivity contribution in [1.82, 2.24) is 4.90 Å². The zero-order chi connectivity index (χ0) is 17.7. The zero-order valence-corrected chi connectivity index (χ0v) is 14.7. The van der Waals surface area contributed by atoms with Gasteiger partial charge in [-0.25, -0.2) is 4.79 Å². The van der Waals surface area contributed by atoms with Crippen LogP contribution in [0.3, 0.4) is 0 Å². The highest BCUT2D eigenvalue weighted by Crippen LogP contribution is 2.48. The minimum atomic E-state index is -0.406. The van der Waals surface area contributed by atoms with E-state index in [-0.39, 0.29) is 17.4 Å². The van der Waals surface area contributed by atoms with Crippen molar-refractivity contribution >= 4 is 6.09 Å². The van der Waals surface area contributed by atoms with E-state index in [2.05, 4.69) is 24.3 Å². The molecule has 1 heterocycles. The smallest absolute Gasteiger partial charge is 0.409 e. The molecule has 1 atom stereocenters. The van der Waals surface area contributed by atoms with Crippen LogP contribution in [-0.4, -0.2) is 41.9 Å². The molecule has 0 bridgehead atoms. The Morgan fingerprint density at radius 3 is 2.23 bits per heavy atom. The highest BCUT2D eigenvalue weighted by atomic mass is 16.6. The number of fused-ring (bicyclic) bond motifs is 3. The van der Waals surface area contributed by atoms with Crippen molar-refractivity contribution in [3.63, 3.8) is 0 Å². The molecule has 1 spiro atoms. The molecule has 5 rings (SSSR count). The van der Waals surface area contributed by atoms with Crippen LogP contribution in [0.4, 0.5) is 4.79 Å². The lowest BCUT2D eigenvalue weighted by Crippen LogP contribution is -2.40. The van der Waals surface area contributed by atoms with Crippen LogP contribution in [0.15, 0.2) is 48.5 Å². The number of nitrogens with zero attached hydrogens (tertiary/aromatic N) is 1. The number of aliphatic hydroxyl groups excluding tert-OH is 1. The maximum atomic E-state index is 12.6. The van der Waals surface area contributed by atoms with Gasteiger partial charge >= 0.3 is 6.09 Å². The lowest BCUT2D eigenvalue weighted by Gasteiger charge is -2.40. The van der Waals surface area contributed by atoms with E-state index in [1.54, 1.807) is 4.90 Å². The van der Waals surface area contributed by atoms with E-state index < -0.39 is 6.10 Å². The summed E-state index contributed by atoms with van der Waals surface area (Å²) in [6, 6.07) is 16.7. The van der Waals surface area contributed by atoms with Gasteiger partial charge in [-0.1, -0.05) is 55.0 Å². The molecule has 2 aliphatic carbocycles. The van der Waals surface area contributed by atoms with Gasteiger partial charge in [-0.3, -0.25) is 0 Å². The number of carbonyl (C=O) groups is 1. The third-order valence-corrected chi connectivity index (χ3v) is 6.55. The fourth-order valence-electron chi connectivity index (χ4n) is 4.90. The molecule has 26 heavy (non-hydrogen) atoms. The molecule has 1 N–H and O–H groups in total. The van der Waals surface area contributed by atoms with Crippen LogP contribution in [0.2, 0.25) is 0 Å². The normalized spacial score (nSPS) is 22.8. The predicted octanol–water partition coefficient (Wildman–Crippen LogP) is 3.78. The molecule has 134 valence electrons. The van der Waals surface area contributed by atoms with Gasteiger partial charge in [-0.05, 0) is 35.1 Å². The van der Waals surface area contributed by atoms with Crippen LogP contribution in [0, 0.1) is 5.41 Å². The highest BCUT2D eigenvalue weighted by molar-refractivity contribution is 5.79. The maximum Gasteiger partial charge on any atom is 0.409 e. The first-order chi connectivity index (χ1) is 12.7. The molecule has 2 fully saturated rings. The third-order valence-electron chi connectivity index (χ3n) is 6.55. The molecule has 1 saturated carbocycles. The number of rotatable bonds is 2. The van der Waals surface area contributed by atoms with E-state index in [0.717, 1.165) is 19.3 Å². The van der Waals surface area contributed by atoms with Crippen molar-refractivity contribution in [2.24, 2.45) is 5.41 Å². The van der Waals surface area contributed by atoms with Crippen LogP contribution in [0.1, 0.15) is 36.3 Å². The molecular weight excluding hydrogens is 326 g/mol. The van der Waals surface area contributed by atoms with Crippen LogP contribution in [0.5, 0.6) is 0 Å². The number of likely N-dealkylation sites (tertiary alicyclic amines) is 1. The van der Waals surface area contributed by atoms with Crippen molar-refractivity contribution in [2.75, 3.05) is 19.7 Å². The fourth-order valence-corrected chi connectivity index (χ4v) is 4.90. The minimum absolute atomic E-state index is 0.0639. The van der Waals surface area contributed by atoms with Crippen molar-refractivity contribution in [1.29, 1.82) is 0 Å². The number of hydrogen-bond donors (Lipinski definition) is 1. The summed E-state index contributed by atoms with van der Waals surface area (Å²) in [6.45, 7) is 1.37. The molecular formula is C22H23NO3. The summed E-state index contributed by atoms with van der Waals surface area (Å²) in [5.41, 5.74) is 4.84. The first kappa shape index (κ1) is 15.9. The van der Waals surface area contributed by atoms with E-state index in [4.69, 9.17) is 4.74 Å². The van der Waals surface area contributed by atoms with Crippen molar-refractivity contribution in [3.05, 3.63) is 59.7 Å². The van der Waals surface area contributed by atoms with E-state index >= 15 is 0 Å². The molecule has 2 aromatic rings. The van der Waals surface area contributed by atoms with Gasteiger partial charge in [-0.15, -0.1) is 0 Å². The monoisotopic (exact) mass is 349 g/mol. The van der Waals surface area contributed by atoms with E-state index in [9.17, 15) is 9.90 Å². The molecule has 1 amide bonds. The van der Waals surface area contributed by atoms with Crippen LogP contribution in [-0.2, 0) is 4.74 Å². The fraction of sp³-hybridized carbons (Fsp3) is 0.409. The van der Waals surface area contributed by atoms with Gasteiger partial charge in [-0.2, -0.15) is 0 Å². The Hall–Kier alpha value is -2.33. The van der Waals surface area contributed by atoms with Gasteiger partial charge in [0.25, 0.3) is 0 Å². The molecule has 1 aliphatic heterocycles. The Balaban J connectivity index is 1.32. The SMILES string of the molecule is O=C(OCC1c2ccccc2-c2ccccc21)N1CC(O)C2(CCC2)C1. The quantitative estimate of drug-likeness (QED) is 0.898.